The van der Waals surface area contributed by atoms with Crippen molar-refractivity contribution in [2.45, 2.75) is 77.4 Å². The Bertz CT molecular complexity index is 938. The molecule has 2 bridgehead atoms. The Morgan fingerprint density at radius 1 is 1.10 bits per heavy atom. The van der Waals surface area contributed by atoms with E-state index in [0.717, 1.165) is 44.1 Å². The second-order valence-corrected chi connectivity index (χ2v) is 11.2. The van der Waals surface area contributed by atoms with Crippen LogP contribution < -0.4 is 0 Å². The fraction of sp³-hybridized carbons (Fsp3) is 0.630. The fourth-order valence-electron chi connectivity index (χ4n) is 8.25. The number of ketones is 1. The van der Waals surface area contributed by atoms with Gasteiger partial charge in [-0.1, -0.05) is 50.3 Å². The summed E-state index contributed by atoms with van der Waals surface area (Å²) in [6.45, 7) is 8.70. The second kappa shape index (κ2) is 6.78. The minimum absolute atomic E-state index is 0.0936. The highest BCUT2D eigenvalue weighted by atomic mass is 16.5. The molecule has 0 amide bonds. The summed E-state index contributed by atoms with van der Waals surface area (Å²) in [6, 6.07) is 9.83. The first-order valence-electron chi connectivity index (χ1n) is 11.8. The zero-order valence-corrected chi connectivity index (χ0v) is 18.8. The topological polar surface area (TPSA) is 63.6 Å². The summed E-state index contributed by atoms with van der Waals surface area (Å²) in [4.78, 5) is 26.8. The largest absolute Gasteiger partial charge is 0.460 e. The maximum absolute atomic E-state index is 13.4. The van der Waals surface area contributed by atoms with Gasteiger partial charge in [-0.2, -0.15) is 0 Å². The number of Topliss-reactive ketones (excluding diaryl/α,β-unsaturated/α-hetero) is 1. The molecule has 31 heavy (non-hydrogen) atoms. The molecule has 0 aliphatic heterocycles. The number of fused-ring (bicyclic) bond motifs is 3. The van der Waals surface area contributed by atoms with E-state index in [0.29, 0.717) is 25.0 Å². The summed E-state index contributed by atoms with van der Waals surface area (Å²) in [5, 5.41) is 11.0. The molecular formula is C27H34O4. The fourth-order valence-corrected chi connectivity index (χ4v) is 8.25. The number of ether oxygens (including phenoxy) is 1. The van der Waals surface area contributed by atoms with Crippen molar-refractivity contribution in [2.75, 3.05) is 0 Å². The summed E-state index contributed by atoms with van der Waals surface area (Å²) in [5.41, 5.74) is -0.695. The summed E-state index contributed by atoms with van der Waals surface area (Å²) < 4.78 is 5.85. The van der Waals surface area contributed by atoms with E-state index in [4.69, 9.17) is 4.74 Å². The maximum atomic E-state index is 13.4. The van der Waals surface area contributed by atoms with Crippen molar-refractivity contribution in [1.29, 1.82) is 0 Å². The summed E-state index contributed by atoms with van der Waals surface area (Å²) in [6.07, 6.45) is 6.40. The molecule has 4 fully saturated rings. The van der Waals surface area contributed by atoms with Crippen LogP contribution in [0.15, 0.2) is 42.5 Å². The molecule has 5 rings (SSSR count). The molecule has 1 spiro atoms. The Kier molecular flexibility index (Phi) is 4.58. The number of benzene rings is 1. The Hall–Kier alpha value is -1.94. The predicted octanol–water partition coefficient (Wildman–Crippen LogP) is 4.99. The molecule has 0 radical (unpaired) electrons. The zero-order chi connectivity index (χ0) is 22.1. The van der Waals surface area contributed by atoms with Gasteiger partial charge in [-0.25, -0.2) is 0 Å². The molecule has 4 aliphatic rings. The molecule has 0 aromatic heterocycles. The van der Waals surface area contributed by atoms with Gasteiger partial charge < -0.3 is 9.84 Å². The van der Waals surface area contributed by atoms with Crippen molar-refractivity contribution in [2.24, 2.45) is 28.1 Å². The lowest BCUT2D eigenvalue weighted by atomic mass is 9.40. The molecule has 0 heterocycles. The van der Waals surface area contributed by atoms with Gasteiger partial charge in [0.05, 0.1) is 11.0 Å². The summed E-state index contributed by atoms with van der Waals surface area (Å²) in [5.74, 6) is 0.390. The van der Waals surface area contributed by atoms with Gasteiger partial charge in [-0.15, -0.1) is 0 Å². The number of carbonyl (C=O) groups excluding carboxylic acids is 2. The molecule has 0 unspecified atom stereocenters. The Morgan fingerprint density at radius 3 is 2.55 bits per heavy atom. The van der Waals surface area contributed by atoms with Crippen molar-refractivity contribution >= 4 is 11.8 Å². The molecule has 1 aromatic rings. The van der Waals surface area contributed by atoms with Crippen LogP contribution in [0.5, 0.6) is 0 Å². The van der Waals surface area contributed by atoms with Crippen molar-refractivity contribution < 1.29 is 19.4 Å². The molecule has 4 saturated carbocycles. The van der Waals surface area contributed by atoms with E-state index in [1.165, 1.54) is 0 Å². The number of hydrogen-bond donors (Lipinski definition) is 1. The number of carbonyl (C=O) groups is 2. The Balaban J connectivity index is 1.43. The highest BCUT2D eigenvalue weighted by Gasteiger charge is 2.71. The Labute approximate surface area is 185 Å². The monoisotopic (exact) mass is 422 g/mol. The number of rotatable bonds is 3. The third kappa shape index (κ3) is 2.76. The van der Waals surface area contributed by atoms with Gasteiger partial charge in [0.1, 0.15) is 6.61 Å². The molecule has 4 aliphatic carbocycles. The van der Waals surface area contributed by atoms with Gasteiger partial charge in [0.2, 0.25) is 0 Å². The third-order valence-corrected chi connectivity index (χ3v) is 9.74. The van der Waals surface area contributed by atoms with Gasteiger partial charge in [0.25, 0.3) is 0 Å². The lowest BCUT2D eigenvalue weighted by Gasteiger charge is -2.63. The van der Waals surface area contributed by atoms with Crippen LogP contribution in [0.2, 0.25) is 0 Å². The van der Waals surface area contributed by atoms with E-state index in [9.17, 15) is 14.7 Å². The second-order valence-electron chi connectivity index (χ2n) is 11.2. The molecule has 4 nitrogen and oxygen atoms in total. The molecule has 4 heteroatoms. The van der Waals surface area contributed by atoms with Gasteiger partial charge in [0, 0.05) is 11.0 Å². The highest BCUT2D eigenvalue weighted by molar-refractivity contribution is 6.04. The van der Waals surface area contributed by atoms with Crippen LogP contribution in [0.3, 0.4) is 0 Å². The number of hydrogen-bond acceptors (Lipinski definition) is 4. The minimum atomic E-state index is -1.01. The SMILES string of the molecule is C=C1C(=O)[C@@]23CC[C@H]4[C@@](C)(CCC[C@@]4(C)C(=O)OCc4ccccc4)[C@@H]2CC[C@]1(O)C3. The van der Waals surface area contributed by atoms with Gasteiger partial charge in [0.15, 0.2) is 5.78 Å². The van der Waals surface area contributed by atoms with E-state index in [-0.39, 0.29) is 29.0 Å². The van der Waals surface area contributed by atoms with Crippen LogP contribution >= 0.6 is 0 Å². The lowest BCUT2D eigenvalue weighted by Crippen LogP contribution is -2.60. The first-order chi connectivity index (χ1) is 14.7. The van der Waals surface area contributed by atoms with Gasteiger partial charge >= 0.3 is 5.97 Å². The van der Waals surface area contributed by atoms with Crippen LogP contribution in [0.1, 0.15) is 70.8 Å². The smallest absolute Gasteiger partial charge is 0.312 e. The highest BCUT2D eigenvalue weighted by Crippen LogP contribution is 2.71. The normalized spacial score (nSPS) is 43.8. The lowest BCUT2D eigenvalue weighted by molar-refractivity contribution is -0.192. The molecule has 1 aromatic carbocycles. The van der Waals surface area contributed by atoms with E-state index in [1.54, 1.807) is 0 Å². The molecule has 1 N–H and O–H groups in total. The summed E-state index contributed by atoms with van der Waals surface area (Å²) in [7, 11) is 0. The van der Waals surface area contributed by atoms with E-state index < -0.39 is 16.4 Å². The van der Waals surface area contributed by atoms with Crippen LogP contribution in [-0.4, -0.2) is 22.5 Å². The van der Waals surface area contributed by atoms with Crippen molar-refractivity contribution in [1.82, 2.24) is 0 Å². The maximum Gasteiger partial charge on any atom is 0.312 e. The third-order valence-electron chi connectivity index (χ3n) is 9.74. The van der Waals surface area contributed by atoms with Gasteiger partial charge in [-0.05, 0) is 74.7 Å². The minimum Gasteiger partial charge on any atom is -0.460 e. The van der Waals surface area contributed by atoms with Crippen molar-refractivity contribution in [3.8, 4) is 0 Å². The van der Waals surface area contributed by atoms with Crippen molar-refractivity contribution in [3.05, 3.63) is 48.0 Å². The van der Waals surface area contributed by atoms with Crippen LogP contribution in [0, 0.1) is 28.1 Å². The first kappa shape index (κ1) is 20.9. The molecule has 166 valence electrons. The average Bonchev–Trinajstić information content (AvgIpc) is 2.89. The summed E-state index contributed by atoms with van der Waals surface area (Å²) >= 11 is 0. The van der Waals surface area contributed by atoms with Crippen LogP contribution in [0.25, 0.3) is 0 Å². The Morgan fingerprint density at radius 2 is 1.81 bits per heavy atom. The van der Waals surface area contributed by atoms with E-state index in [2.05, 4.69) is 20.4 Å². The van der Waals surface area contributed by atoms with Gasteiger partial charge in [-0.3, -0.25) is 9.59 Å². The molecular weight excluding hydrogens is 388 g/mol. The predicted molar refractivity (Wildman–Crippen MR) is 118 cm³/mol. The molecule has 0 saturated heterocycles. The zero-order valence-electron chi connectivity index (χ0n) is 18.8. The van der Waals surface area contributed by atoms with Crippen LogP contribution in [-0.2, 0) is 20.9 Å². The quantitative estimate of drug-likeness (QED) is 0.550. The molecule has 6 atom stereocenters. The number of aliphatic hydroxyl groups is 1. The van der Waals surface area contributed by atoms with Crippen molar-refractivity contribution in [3.63, 3.8) is 0 Å². The standard InChI is InChI=1S/C27H34O4/c1-18-22(28)26-14-10-20-24(2,21(26)11-15-27(18,30)17-26)12-7-13-25(20,3)23(29)31-16-19-8-5-4-6-9-19/h4-6,8-9,20-21,30H,1,7,10-17H2,2-3H3/t20-,21-,24+,25+,26+,27-/m0/s1. The van der Waals surface area contributed by atoms with Crippen LogP contribution in [0.4, 0.5) is 0 Å². The average molecular weight is 423 g/mol. The van der Waals surface area contributed by atoms with E-state index >= 15 is 0 Å². The number of esters is 1. The first-order valence-corrected chi connectivity index (χ1v) is 11.8. The van der Waals surface area contributed by atoms with E-state index in [1.807, 2.05) is 30.3 Å².